The molecule has 0 unspecified atom stereocenters. The van der Waals surface area contributed by atoms with E-state index in [2.05, 4.69) is 0 Å². The van der Waals surface area contributed by atoms with Crippen molar-refractivity contribution in [3.8, 4) is 0 Å². The van der Waals surface area contributed by atoms with Gasteiger partial charge in [0.2, 0.25) is 0 Å². The molecule has 0 amide bonds. The van der Waals surface area contributed by atoms with Crippen LogP contribution < -0.4 is 0 Å². The lowest BCUT2D eigenvalue weighted by molar-refractivity contribution is -0.132. The predicted octanol–water partition coefficient (Wildman–Crippen LogP) is 1.68. The highest BCUT2D eigenvalue weighted by atomic mass is 16.3. The molecule has 0 heterocycles. The van der Waals surface area contributed by atoms with Gasteiger partial charge in [-0.25, -0.2) is 0 Å². The lowest BCUT2D eigenvalue weighted by Gasteiger charge is -2.33. The van der Waals surface area contributed by atoms with Crippen molar-refractivity contribution in [1.29, 1.82) is 0 Å². The van der Waals surface area contributed by atoms with Gasteiger partial charge in [0.05, 0.1) is 11.5 Å². The monoisotopic (exact) mass is 250 g/mol. The Morgan fingerprint density at radius 1 is 1.33 bits per heavy atom. The minimum absolute atomic E-state index is 0.00486. The molecule has 3 nitrogen and oxygen atoms in total. The first-order valence-corrected chi connectivity index (χ1v) is 7.20. The Balaban J connectivity index is 2.02. The van der Waals surface area contributed by atoms with Crippen LogP contribution in [0.2, 0.25) is 0 Å². The van der Waals surface area contributed by atoms with Crippen molar-refractivity contribution in [3.05, 3.63) is 12.2 Å². The van der Waals surface area contributed by atoms with Crippen molar-refractivity contribution in [2.75, 3.05) is 6.61 Å². The fourth-order valence-electron chi connectivity index (χ4n) is 4.39. The standard InChI is InChI=1S/C15H22O3/c16-9-10-7-11-3-1-2-5-15(14(11)18)6-4-13(17)12(15)8-10/h4,6,10-13,16-17H,1-3,5,7-9H2/t10-,11+,12+,13+,15-/m0/s1. The second-order valence-electron chi connectivity index (χ2n) is 6.32. The van der Waals surface area contributed by atoms with Gasteiger partial charge in [0, 0.05) is 18.4 Å². The van der Waals surface area contributed by atoms with Gasteiger partial charge >= 0.3 is 0 Å². The third-order valence-corrected chi connectivity index (χ3v) is 5.35. The molecule has 2 bridgehead atoms. The number of ketones is 1. The summed E-state index contributed by atoms with van der Waals surface area (Å²) in [6, 6.07) is 0. The fraction of sp³-hybridized carbons (Fsp3) is 0.800. The first kappa shape index (κ1) is 12.4. The molecule has 2 N–H and O–H groups in total. The quantitative estimate of drug-likeness (QED) is 0.696. The summed E-state index contributed by atoms with van der Waals surface area (Å²) in [5, 5.41) is 19.6. The zero-order chi connectivity index (χ0) is 12.8. The molecule has 2 fully saturated rings. The summed E-state index contributed by atoms with van der Waals surface area (Å²) in [4.78, 5) is 12.8. The number of fused-ring (bicyclic) bond motifs is 1. The number of Topliss-reactive ketones (excluding diaryl/α,β-unsaturated/α-hetero) is 1. The minimum Gasteiger partial charge on any atom is -0.396 e. The fourth-order valence-corrected chi connectivity index (χ4v) is 4.39. The van der Waals surface area contributed by atoms with E-state index in [1.807, 2.05) is 12.2 Å². The number of aliphatic hydroxyl groups excluding tert-OH is 2. The zero-order valence-electron chi connectivity index (χ0n) is 10.7. The Morgan fingerprint density at radius 3 is 2.94 bits per heavy atom. The molecular formula is C15H22O3. The first-order chi connectivity index (χ1) is 8.67. The van der Waals surface area contributed by atoms with Gasteiger partial charge in [0.15, 0.2) is 0 Å². The van der Waals surface area contributed by atoms with Crippen LogP contribution in [0.5, 0.6) is 0 Å². The molecular weight excluding hydrogens is 228 g/mol. The predicted molar refractivity (Wildman–Crippen MR) is 67.8 cm³/mol. The zero-order valence-corrected chi connectivity index (χ0v) is 10.7. The molecule has 0 aromatic carbocycles. The van der Waals surface area contributed by atoms with Gasteiger partial charge < -0.3 is 10.2 Å². The van der Waals surface area contributed by atoms with E-state index in [4.69, 9.17) is 0 Å². The van der Waals surface area contributed by atoms with Gasteiger partial charge in [-0.15, -0.1) is 0 Å². The molecule has 18 heavy (non-hydrogen) atoms. The summed E-state index contributed by atoms with van der Waals surface area (Å²) in [5.41, 5.74) is -0.412. The number of allylic oxidation sites excluding steroid dienone is 1. The van der Waals surface area contributed by atoms with Crippen LogP contribution in [0, 0.1) is 23.2 Å². The topological polar surface area (TPSA) is 57.5 Å². The van der Waals surface area contributed by atoms with E-state index in [1.54, 1.807) is 0 Å². The summed E-state index contributed by atoms with van der Waals surface area (Å²) >= 11 is 0. The molecule has 0 radical (unpaired) electrons. The van der Waals surface area contributed by atoms with Crippen molar-refractivity contribution >= 4 is 5.78 Å². The molecule has 3 heteroatoms. The summed E-state index contributed by atoms with van der Waals surface area (Å²) in [6.07, 6.45) is 8.94. The Bertz CT molecular complexity index is 376. The SMILES string of the molecule is O=C1[C@@H]2CCCC[C@@]13C=C[C@@H](O)[C@H]3C[C@@H](CO)C2. The largest absolute Gasteiger partial charge is 0.396 e. The van der Waals surface area contributed by atoms with Crippen LogP contribution in [0.1, 0.15) is 38.5 Å². The van der Waals surface area contributed by atoms with Crippen LogP contribution >= 0.6 is 0 Å². The Morgan fingerprint density at radius 2 is 2.17 bits per heavy atom. The van der Waals surface area contributed by atoms with Crippen LogP contribution in [0.15, 0.2) is 12.2 Å². The van der Waals surface area contributed by atoms with Crippen molar-refractivity contribution < 1.29 is 15.0 Å². The molecule has 3 aliphatic carbocycles. The van der Waals surface area contributed by atoms with Gasteiger partial charge in [-0.1, -0.05) is 25.0 Å². The highest BCUT2D eigenvalue weighted by Gasteiger charge is 2.54. The molecule has 0 aromatic rings. The summed E-state index contributed by atoms with van der Waals surface area (Å²) in [5.74, 6) is 0.627. The lowest BCUT2D eigenvalue weighted by Crippen LogP contribution is -2.39. The Hall–Kier alpha value is -0.670. The maximum absolute atomic E-state index is 12.8. The molecule has 0 saturated heterocycles. The van der Waals surface area contributed by atoms with Crippen LogP contribution in [-0.2, 0) is 4.79 Å². The highest BCUT2D eigenvalue weighted by molar-refractivity contribution is 5.90. The van der Waals surface area contributed by atoms with E-state index in [0.717, 1.165) is 38.5 Å². The third-order valence-electron chi connectivity index (χ3n) is 5.35. The normalized spacial score (nSPS) is 47.6. The van der Waals surface area contributed by atoms with Crippen LogP contribution in [0.3, 0.4) is 0 Å². The Labute approximate surface area is 108 Å². The van der Waals surface area contributed by atoms with Gasteiger partial charge in [-0.05, 0) is 31.6 Å². The molecule has 100 valence electrons. The van der Waals surface area contributed by atoms with E-state index < -0.39 is 11.5 Å². The lowest BCUT2D eigenvalue weighted by atomic mass is 9.69. The second-order valence-corrected chi connectivity index (χ2v) is 6.32. The minimum atomic E-state index is -0.500. The van der Waals surface area contributed by atoms with E-state index in [0.29, 0.717) is 5.78 Å². The maximum atomic E-state index is 12.8. The number of carbonyl (C=O) groups excluding carboxylic acids is 1. The highest BCUT2D eigenvalue weighted by Crippen LogP contribution is 2.53. The molecule has 2 saturated carbocycles. The molecule has 0 aliphatic heterocycles. The number of aliphatic hydroxyl groups is 2. The van der Waals surface area contributed by atoms with Crippen LogP contribution in [0.25, 0.3) is 0 Å². The van der Waals surface area contributed by atoms with Gasteiger partial charge in [0.25, 0.3) is 0 Å². The number of carbonyl (C=O) groups is 1. The summed E-state index contributed by atoms with van der Waals surface area (Å²) < 4.78 is 0. The average Bonchev–Trinajstić information content (AvgIpc) is 2.53. The van der Waals surface area contributed by atoms with Crippen molar-refractivity contribution in [2.45, 2.75) is 44.6 Å². The third kappa shape index (κ3) is 1.68. The van der Waals surface area contributed by atoms with Crippen molar-refractivity contribution in [3.63, 3.8) is 0 Å². The average molecular weight is 250 g/mol. The summed E-state index contributed by atoms with van der Waals surface area (Å²) in [6.45, 7) is 0.142. The van der Waals surface area contributed by atoms with Crippen molar-refractivity contribution in [2.24, 2.45) is 23.2 Å². The number of hydrogen-bond donors (Lipinski definition) is 2. The maximum Gasteiger partial charge on any atom is 0.146 e. The van der Waals surface area contributed by atoms with E-state index in [9.17, 15) is 15.0 Å². The number of rotatable bonds is 1. The smallest absolute Gasteiger partial charge is 0.146 e. The van der Waals surface area contributed by atoms with E-state index in [-0.39, 0.29) is 24.4 Å². The van der Waals surface area contributed by atoms with E-state index >= 15 is 0 Å². The Kier molecular flexibility index (Phi) is 3.07. The second kappa shape index (κ2) is 4.46. The molecule has 3 aliphatic rings. The van der Waals surface area contributed by atoms with Gasteiger partial charge in [0.1, 0.15) is 5.78 Å². The molecule has 3 rings (SSSR count). The van der Waals surface area contributed by atoms with E-state index in [1.165, 1.54) is 0 Å². The molecule has 5 atom stereocenters. The van der Waals surface area contributed by atoms with Gasteiger partial charge in [-0.2, -0.15) is 0 Å². The van der Waals surface area contributed by atoms with Crippen LogP contribution in [0.4, 0.5) is 0 Å². The molecule has 0 aromatic heterocycles. The molecule has 1 spiro atoms. The van der Waals surface area contributed by atoms with Crippen LogP contribution in [-0.4, -0.2) is 28.7 Å². The van der Waals surface area contributed by atoms with Gasteiger partial charge in [-0.3, -0.25) is 4.79 Å². The summed E-state index contributed by atoms with van der Waals surface area (Å²) in [7, 11) is 0. The first-order valence-electron chi connectivity index (χ1n) is 7.20. The number of hydrogen-bond acceptors (Lipinski definition) is 3. The van der Waals surface area contributed by atoms with Crippen molar-refractivity contribution in [1.82, 2.24) is 0 Å².